The molecule has 0 unspecified atom stereocenters. The van der Waals surface area contributed by atoms with Gasteiger partial charge in [0.1, 0.15) is 5.82 Å². The monoisotopic (exact) mass is 389 g/mol. The number of carbonyl (C=O) groups excluding carboxylic acids is 3. The number of hydrogen-bond acceptors (Lipinski definition) is 6. The number of carbonyl (C=O) groups is 3. The molecular weight excluding hydrogens is 369 g/mol. The highest BCUT2D eigenvalue weighted by molar-refractivity contribution is 7.89. The van der Waals surface area contributed by atoms with Crippen LogP contribution in [0.1, 0.15) is 31.1 Å². The second kappa shape index (κ2) is 8.72. The smallest absolute Gasteiger partial charge is 0.341 e. The number of nitrogens with one attached hydrogen (secondary N) is 1. The molecule has 1 atom stereocenters. The number of urea groups is 1. The van der Waals surface area contributed by atoms with E-state index in [1.807, 2.05) is 0 Å². The van der Waals surface area contributed by atoms with E-state index in [0.717, 1.165) is 29.4 Å². The van der Waals surface area contributed by atoms with Gasteiger partial charge in [-0.15, -0.1) is 0 Å². The van der Waals surface area contributed by atoms with Crippen molar-refractivity contribution in [3.63, 3.8) is 0 Å². The Bertz CT molecular complexity index is 808. The molecule has 0 heterocycles. The van der Waals surface area contributed by atoms with Gasteiger partial charge in [0.15, 0.2) is 6.10 Å². The second-order valence-electron chi connectivity index (χ2n) is 5.13. The number of nitrogens with zero attached hydrogens (tertiary/aromatic N) is 1. The highest BCUT2D eigenvalue weighted by atomic mass is 32.2. The van der Waals surface area contributed by atoms with Crippen LogP contribution in [-0.2, 0) is 19.6 Å². The van der Waals surface area contributed by atoms with Gasteiger partial charge < -0.3 is 10.5 Å². The summed E-state index contributed by atoms with van der Waals surface area (Å²) < 4.78 is 44.8. The first kappa shape index (κ1) is 21.5. The second-order valence-corrected chi connectivity index (χ2v) is 7.07. The summed E-state index contributed by atoms with van der Waals surface area (Å²) in [6, 6.07) is 1.55. The topological polar surface area (TPSA) is 136 Å². The number of hydrogen-bond donors (Lipinski definition) is 2. The van der Waals surface area contributed by atoms with Crippen LogP contribution in [0.3, 0.4) is 0 Å². The Hall–Kier alpha value is -2.53. The van der Waals surface area contributed by atoms with Crippen LogP contribution < -0.4 is 11.1 Å². The first-order chi connectivity index (χ1) is 12.0. The lowest BCUT2D eigenvalue weighted by Crippen LogP contribution is -2.42. The van der Waals surface area contributed by atoms with Gasteiger partial charge in [0.25, 0.3) is 5.91 Å². The van der Waals surface area contributed by atoms with Gasteiger partial charge in [0.05, 0.1) is 10.5 Å². The molecule has 0 aliphatic rings. The minimum absolute atomic E-state index is 0.195. The van der Waals surface area contributed by atoms with Crippen molar-refractivity contribution >= 4 is 27.9 Å². The summed E-state index contributed by atoms with van der Waals surface area (Å²) in [5, 5.41) is 1.71. The predicted octanol–water partition coefficient (Wildman–Crippen LogP) is 0.596. The van der Waals surface area contributed by atoms with Crippen LogP contribution in [0.4, 0.5) is 9.18 Å². The lowest BCUT2D eigenvalue weighted by molar-refractivity contribution is -0.127. The quantitative estimate of drug-likeness (QED) is 0.655. The Morgan fingerprint density at radius 1 is 1.27 bits per heavy atom. The third kappa shape index (κ3) is 4.99. The number of halogens is 1. The number of ether oxygens (including phenoxy) is 1. The van der Waals surface area contributed by atoms with Crippen molar-refractivity contribution in [2.45, 2.75) is 31.8 Å². The van der Waals surface area contributed by atoms with Crippen molar-refractivity contribution < 1.29 is 31.9 Å². The molecule has 144 valence electrons. The van der Waals surface area contributed by atoms with E-state index < -0.39 is 45.4 Å². The standard InChI is InChI=1S/C15H20FN3O6S/c1-4-19(5-2)26(23,24)10-6-7-12(16)11(8-10)14(21)25-9(3)13(20)18-15(17)22/h6-9H,4-5H2,1-3H3,(H3,17,18,20,22)/t9-/m1/s1. The molecule has 9 nitrogen and oxygen atoms in total. The van der Waals surface area contributed by atoms with E-state index in [2.05, 4.69) is 0 Å². The van der Waals surface area contributed by atoms with Crippen LogP contribution in [-0.4, -0.2) is 49.8 Å². The zero-order valence-corrected chi connectivity index (χ0v) is 15.3. The van der Waals surface area contributed by atoms with Gasteiger partial charge >= 0.3 is 12.0 Å². The summed E-state index contributed by atoms with van der Waals surface area (Å²) in [6.45, 7) is 4.81. The van der Waals surface area contributed by atoms with E-state index in [1.165, 1.54) is 0 Å². The molecule has 0 aliphatic heterocycles. The molecule has 0 fully saturated rings. The van der Waals surface area contributed by atoms with E-state index in [-0.39, 0.29) is 18.0 Å². The van der Waals surface area contributed by atoms with Crippen molar-refractivity contribution in [2.75, 3.05) is 13.1 Å². The zero-order valence-electron chi connectivity index (χ0n) is 14.5. The third-order valence-corrected chi connectivity index (χ3v) is 5.45. The third-order valence-electron chi connectivity index (χ3n) is 3.40. The van der Waals surface area contributed by atoms with E-state index >= 15 is 0 Å². The average Bonchev–Trinajstić information content (AvgIpc) is 2.55. The van der Waals surface area contributed by atoms with Crippen molar-refractivity contribution in [1.29, 1.82) is 0 Å². The van der Waals surface area contributed by atoms with Gasteiger partial charge in [-0.25, -0.2) is 22.4 Å². The number of primary amides is 1. The lowest BCUT2D eigenvalue weighted by atomic mass is 10.2. The van der Waals surface area contributed by atoms with Crippen LogP contribution in [0.15, 0.2) is 23.1 Å². The molecule has 0 aliphatic carbocycles. The first-order valence-electron chi connectivity index (χ1n) is 7.65. The molecule has 0 spiro atoms. The fourth-order valence-corrected chi connectivity index (χ4v) is 3.52. The molecule has 3 amide bonds. The maximum absolute atomic E-state index is 14.0. The molecule has 0 aromatic heterocycles. The molecule has 0 saturated carbocycles. The van der Waals surface area contributed by atoms with Crippen molar-refractivity contribution in [2.24, 2.45) is 5.73 Å². The predicted molar refractivity (Wildman–Crippen MR) is 89.1 cm³/mol. The molecular formula is C15H20FN3O6S. The Balaban J connectivity index is 3.12. The number of esters is 1. The molecule has 0 radical (unpaired) electrons. The Labute approximate surface area is 150 Å². The number of sulfonamides is 1. The summed E-state index contributed by atoms with van der Waals surface area (Å²) >= 11 is 0. The Morgan fingerprint density at radius 2 is 1.85 bits per heavy atom. The number of rotatable bonds is 7. The van der Waals surface area contributed by atoms with Gasteiger partial charge in [-0.05, 0) is 25.1 Å². The van der Waals surface area contributed by atoms with Gasteiger partial charge in [-0.3, -0.25) is 10.1 Å². The fraction of sp³-hybridized carbons (Fsp3) is 0.400. The molecule has 26 heavy (non-hydrogen) atoms. The van der Waals surface area contributed by atoms with Crippen molar-refractivity contribution in [1.82, 2.24) is 9.62 Å². The summed E-state index contributed by atoms with van der Waals surface area (Å²) in [5.41, 5.74) is 4.12. The number of amides is 3. The molecule has 1 rings (SSSR count). The maximum Gasteiger partial charge on any atom is 0.341 e. The van der Waals surface area contributed by atoms with Crippen LogP contribution >= 0.6 is 0 Å². The maximum atomic E-state index is 14.0. The van der Waals surface area contributed by atoms with Crippen LogP contribution in [0, 0.1) is 5.82 Å². The molecule has 0 saturated heterocycles. The number of benzene rings is 1. The number of nitrogens with two attached hydrogens (primary N) is 1. The molecule has 1 aromatic carbocycles. The molecule has 11 heteroatoms. The lowest BCUT2D eigenvalue weighted by Gasteiger charge is -2.19. The summed E-state index contributed by atoms with van der Waals surface area (Å²) in [6.07, 6.45) is -1.45. The first-order valence-corrected chi connectivity index (χ1v) is 9.09. The van der Waals surface area contributed by atoms with Gasteiger partial charge in [-0.2, -0.15) is 4.31 Å². The Kier molecular flexibility index (Phi) is 7.21. The van der Waals surface area contributed by atoms with E-state index in [9.17, 15) is 27.2 Å². The van der Waals surface area contributed by atoms with Gasteiger partial charge in [0.2, 0.25) is 10.0 Å². The fourth-order valence-electron chi connectivity index (χ4n) is 2.03. The molecule has 3 N–H and O–H groups in total. The number of imide groups is 1. The summed E-state index contributed by atoms with van der Waals surface area (Å²) in [5.74, 6) is -3.28. The highest BCUT2D eigenvalue weighted by Crippen LogP contribution is 2.20. The zero-order chi connectivity index (χ0) is 20.1. The largest absolute Gasteiger partial charge is 0.449 e. The summed E-state index contributed by atoms with van der Waals surface area (Å²) in [7, 11) is -3.92. The molecule has 0 bridgehead atoms. The van der Waals surface area contributed by atoms with Crippen LogP contribution in [0.5, 0.6) is 0 Å². The molecule has 1 aromatic rings. The minimum Gasteiger partial charge on any atom is -0.449 e. The minimum atomic E-state index is -3.92. The average molecular weight is 389 g/mol. The van der Waals surface area contributed by atoms with Crippen LogP contribution in [0.2, 0.25) is 0 Å². The van der Waals surface area contributed by atoms with Gasteiger partial charge in [0, 0.05) is 13.1 Å². The van der Waals surface area contributed by atoms with Crippen molar-refractivity contribution in [3.8, 4) is 0 Å². The SMILES string of the molecule is CCN(CC)S(=O)(=O)c1ccc(F)c(C(=O)O[C@H](C)C(=O)NC(N)=O)c1. The van der Waals surface area contributed by atoms with Gasteiger partial charge in [-0.1, -0.05) is 13.8 Å². The summed E-state index contributed by atoms with van der Waals surface area (Å²) in [4.78, 5) is 33.9. The highest BCUT2D eigenvalue weighted by Gasteiger charge is 2.26. The van der Waals surface area contributed by atoms with E-state index in [0.29, 0.717) is 0 Å². The van der Waals surface area contributed by atoms with E-state index in [4.69, 9.17) is 10.5 Å². The normalized spacial score (nSPS) is 12.5. The Morgan fingerprint density at radius 3 is 2.35 bits per heavy atom. The van der Waals surface area contributed by atoms with Crippen LogP contribution in [0.25, 0.3) is 0 Å². The van der Waals surface area contributed by atoms with Crippen molar-refractivity contribution in [3.05, 3.63) is 29.6 Å². The van der Waals surface area contributed by atoms with E-state index in [1.54, 1.807) is 19.2 Å².